The number of hydrogen-bond acceptors (Lipinski definition) is 3. The fourth-order valence-electron chi connectivity index (χ4n) is 1.87. The topological polar surface area (TPSA) is 59.2 Å². The Morgan fingerprint density at radius 1 is 1.19 bits per heavy atom. The first-order chi connectivity index (χ1) is 9.86. The van der Waals surface area contributed by atoms with Crippen LogP contribution in [0.1, 0.15) is 15.9 Å². The molecule has 1 amide bonds. The van der Waals surface area contributed by atoms with Gasteiger partial charge in [-0.15, -0.1) is 0 Å². The number of halogens is 3. The van der Waals surface area contributed by atoms with Gasteiger partial charge in [-0.3, -0.25) is 4.79 Å². The number of nitrogen functional groups attached to an aromatic ring is 1. The highest BCUT2D eigenvalue weighted by Gasteiger charge is 2.17. The van der Waals surface area contributed by atoms with E-state index in [9.17, 15) is 4.79 Å². The van der Waals surface area contributed by atoms with Crippen LogP contribution in [0.15, 0.2) is 30.5 Å². The predicted molar refractivity (Wildman–Crippen MR) is 85.9 cm³/mol. The Morgan fingerprint density at radius 2 is 1.81 bits per heavy atom. The second-order valence-electron chi connectivity index (χ2n) is 4.55. The summed E-state index contributed by atoms with van der Waals surface area (Å²) in [6, 6.07) is 6.62. The minimum atomic E-state index is -0.282. The van der Waals surface area contributed by atoms with Crippen molar-refractivity contribution in [1.82, 2.24) is 9.88 Å². The zero-order valence-corrected chi connectivity index (χ0v) is 13.4. The maximum atomic E-state index is 12.4. The van der Waals surface area contributed by atoms with Crippen LogP contribution in [-0.2, 0) is 6.54 Å². The Labute approximate surface area is 137 Å². The highest BCUT2D eigenvalue weighted by molar-refractivity contribution is 6.34. The van der Waals surface area contributed by atoms with Crippen molar-refractivity contribution < 1.29 is 4.79 Å². The van der Waals surface area contributed by atoms with E-state index in [1.165, 1.54) is 17.2 Å². The summed E-state index contributed by atoms with van der Waals surface area (Å²) in [5.41, 5.74) is 7.08. The molecule has 2 rings (SSSR count). The van der Waals surface area contributed by atoms with E-state index in [-0.39, 0.29) is 16.6 Å². The molecule has 21 heavy (non-hydrogen) atoms. The predicted octanol–water partition coefficient (Wildman–Crippen LogP) is 3.90. The van der Waals surface area contributed by atoms with Gasteiger partial charge >= 0.3 is 0 Å². The lowest BCUT2D eigenvalue weighted by Gasteiger charge is -2.18. The SMILES string of the molecule is CN(Cc1cc(Cl)cc(Cl)c1)C(=O)c1cc(N)cnc1Cl. The van der Waals surface area contributed by atoms with Crippen LogP contribution >= 0.6 is 34.8 Å². The van der Waals surface area contributed by atoms with Gasteiger partial charge in [0, 0.05) is 23.6 Å². The lowest BCUT2D eigenvalue weighted by atomic mass is 10.2. The normalized spacial score (nSPS) is 10.5. The lowest BCUT2D eigenvalue weighted by molar-refractivity contribution is 0.0785. The smallest absolute Gasteiger partial charge is 0.257 e. The third kappa shape index (κ3) is 4.00. The monoisotopic (exact) mass is 343 g/mol. The second-order valence-corrected chi connectivity index (χ2v) is 5.78. The summed E-state index contributed by atoms with van der Waals surface area (Å²) in [6.07, 6.45) is 1.40. The molecule has 1 aromatic heterocycles. The van der Waals surface area contributed by atoms with Crippen LogP contribution in [0.25, 0.3) is 0 Å². The van der Waals surface area contributed by atoms with Crippen LogP contribution < -0.4 is 5.73 Å². The summed E-state index contributed by atoms with van der Waals surface area (Å²) in [5, 5.41) is 1.15. The molecule has 0 radical (unpaired) electrons. The molecule has 0 saturated carbocycles. The maximum absolute atomic E-state index is 12.4. The third-order valence-corrected chi connectivity index (χ3v) is 3.52. The van der Waals surface area contributed by atoms with Crippen LogP contribution in [0.3, 0.4) is 0 Å². The Kier molecular flexibility index (Phi) is 4.93. The van der Waals surface area contributed by atoms with E-state index in [1.54, 1.807) is 25.2 Å². The molecule has 0 saturated heterocycles. The molecule has 0 fully saturated rings. The van der Waals surface area contributed by atoms with Crippen molar-refractivity contribution >= 4 is 46.4 Å². The molecule has 0 spiro atoms. The molecule has 0 aliphatic heterocycles. The molecule has 0 aliphatic rings. The number of carbonyl (C=O) groups excluding carboxylic acids is 1. The van der Waals surface area contributed by atoms with Gasteiger partial charge in [-0.05, 0) is 29.8 Å². The largest absolute Gasteiger partial charge is 0.397 e. The molecular weight excluding hydrogens is 333 g/mol. The summed E-state index contributed by atoms with van der Waals surface area (Å²) in [7, 11) is 1.65. The van der Waals surface area contributed by atoms with Gasteiger partial charge in [0.2, 0.25) is 0 Å². The van der Waals surface area contributed by atoms with Gasteiger partial charge in [0.25, 0.3) is 5.91 Å². The van der Waals surface area contributed by atoms with E-state index < -0.39 is 0 Å². The maximum Gasteiger partial charge on any atom is 0.257 e. The van der Waals surface area contributed by atoms with E-state index in [2.05, 4.69) is 4.98 Å². The van der Waals surface area contributed by atoms with Crippen LogP contribution in [0, 0.1) is 0 Å². The number of anilines is 1. The molecule has 0 unspecified atom stereocenters. The number of rotatable bonds is 3. The van der Waals surface area contributed by atoms with Gasteiger partial charge in [-0.1, -0.05) is 34.8 Å². The summed E-state index contributed by atoms with van der Waals surface area (Å²) in [5.74, 6) is -0.282. The standard InChI is InChI=1S/C14H12Cl3N3O/c1-20(7-8-2-9(15)4-10(16)3-8)14(21)12-5-11(18)6-19-13(12)17/h2-6H,7,18H2,1H3. The van der Waals surface area contributed by atoms with Crippen LogP contribution in [0.2, 0.25) is 15.2 Å². The molecule has 0 atom stereocenters. The van der Waals surface area contributed by atoms with Gasteiger partial charge < -0.3 is 10.6 Å². The molecule has 1 heterocycles. The molecular formula is C14H12Cl3N3O. The highest BCUT2D eigenvalue weighted by atomic mass is 35.5. The number of pyridine rings is 1. The van der Waals surface area contributed by atoms with E-state index in [4.69, 9.17) is 40.5 Å². The van der Waals surface area contributed by atoms with Crippen molar-refractivity contribution in [1.29, 1.82) is 0 Å². The van der Waals surface area contributed by atoms with Crippen molar-refractivity contribution in [2.24, 2.45) is 0 Å². The van der Waals surface area contributed by atoms with E-state index >= 15 is 0 Å². The second kappa shape index (κ2) is 6.52. The zero-order chi connectivity index (χ0) is 15.6. The third-order valence-electron chi connectivity index (χ3n) is 2.78. The molecule has 4 nitrogen and oxygen atoms in total. The van der Waals surface area contributed by atoms with E-state index in [0.717, 1.165) is 5.56 Å². The lowest BCUT2D eigenvalue weighted by Crippen LogP contribution is -2.26. The minimum Gasteiger partial charge on any atom is -0.397 e. The van der Waals surface area contributed by atoms with Crippen LogP contribution in [0.4, 0.5) is 5.69 Å². The zero-order valence-electron chi connectivity index (χ0n) is 11.1. The summed E-state index contributed by atoms with van der Waals surface area (Å²) in [4.78, 5) is 17.7. The molecule has 0 aliphatic carbocycles. The first-order valence-electron chi connectivity index (χ1n) is 5.98. The van der Waals surface area contributed by atoms with Crippen LogP contribution in [0.5, 0.6) is 0 Å². The summed E-state index contributed by atoms with van der Waals surface area (Å²) >= 11 is 17.8. The number of nitrogens with two attached hydrogens (primary N) is 1. The number of hydrogen-bond donors (Lipinski definition) is 1. The number of nitrogens with zero attached hydrogens (tertiary/aromatic N) is 2. The first-order valence-corrected chi connectivity index (χ1v) is 7.11. The molecule has 2 aromatic rings. The molecule has 7 heteroatoms. The van der Waals surface area contributed by atoms with Gasteiger partial charge in [0.15, 0.2) is 0 Å². The number of benzene rings is 1. The average molecular weight is 345 g/mol. The summed E-state index contributed by atoms with van der Waals surface area (Å²) in [6.45, 7) is 0.338. The molecule has 2 N–H and O–H groups in total. The number of amides is 1. The fraction of sp³-hybridized carbons (Fsp3) is 0.143. The molecule has 110 valence electrons. The van der Waals surface area contributed by atoms with Crippen molar-refractivity contribution in [2.75, 3.05) is 12.8 Å². The van der Waals surface area contributed by atoms with Crippen molar-refractivity contribution in [3.8, 4) is 0 Å². The van der Waals surface area contributed by atoms with Crippen molar-refractivity contribution in [3.05, 3.63) is 56.8 Å². The van der Waals surface area contributed by atoms with E-state index in [1.807, 2.05) is 0 Å². The fourth-order valence-corrected chi connectivity index (χ4v) is 2.62. The van der Waals surface area contributed by atoms with Gasteiger partial charge in [0.1, 0.15) is 5.15 Å². The Bertz CT molecular complexity index is 671. The average Bonchev–Trinajstić information content (AvgIpc) is 2.39. The number of aromatic nitrogens is 1. The minimum absolute atomic E-state index is 0.116. The van der Waals surface area contributed by atoms with Crippen molar-refractivity contribution in [3.63, 3.8) is 0 Å². The quantitative estimate of drug-likeness (QED) is 0.859. The summed E-state index contributed by atoms with van der Waals surface area (Å²) < 4.78 is 0. The van der Waals surface area contributed by atoms with Crippen molar-refractivity contribution in [2.45, 2.75) is 6.54 Å². The van der Waals surface area contributed by atoms with E-state index in [0.29, 0.717) is 22.3 Å². The van der Waals surface area contributed by atoms with Gasteiger partial charge in [-0.25, -0.2) is 4.98 Å². The van der Waals surface area contributed by atoms with Gasteiger partial charge in [0.05, 0.1) is 17.4 Å². The Balaban J connectivity index is 2.21. The Hall–Kier alpha value is -1.49. The molecule has 1 aromatic carbocycles. The highest BCUT2D eigenvalue weighted by Crippen LogP contribution is 2.22. The molecule has 0 bridgehead atoms. The first kappa shape index (κ1) is 15.9. The number of carbonyl (C=O) groups is 1. The Morgan fingerprint density at radius 3 is 2.43 bits per heavy atom. The van der Waals surface area contributed by atoms with Crippen LogP contribution in [-0.4, -0.2) is 22.8 Å². The van der Waals surface area contributed by atoms with Gasteiger partial charge in [-0.2, -0.15) is 0 Å².